The first-order valence-electron chi connectivity index (χ1n) is 4.76. The third-order valence-corrected chi connectivity index (χ3v) is 8.80. The average molecular weight is 354 g/mol. The van der Waals surface area contributed by atoms with Gasteiger partial charge in [0.2, 0.25) is 0 Å². The van der Waals surface area contributed by atoms with Crippen molar-refractivity contribution in [3.8, 4) is 0 Å². The number of carbonyl (C=O) groups is 1. The van der Waals surface area contributed by atoms with Crippen LogP contribution >= 0.6 is 19.8 Å². The van der Waals surface area contributed by atoms with Crippen LogP contribution < -0.4 is 0 Å². The maximum atomic E-state index is 11.9. The molecule has 0 rings (SSSR count). The number of hydrogen-bond donors (Lipinski definition) is 0. The number of ether oxygens (including phenoxy) is 1. The van der Waals surface area contributed by atoms with Crippen LogP contribution in [0, 0.1) is 5.92 Å². The molecule has 0 aromatic rings. The minimum absolute atomic E-state index is 0.00608. The quantitative estimate of drug-likeness (QED) is 0.440. The summed E-state index contributed by atoms with van der Waals surface area (Å²) in [7, 11) is 0. The SMILES string of the molecule is CC(C)C(C)(C(=O)OCC(F)(F)F)I(C)C. The summed E-state index contributed by atoms with van der Waals surface area (Å²) < 4.78 is 39.5. The predicted octanol–water partition coefficient (Wildman–Crippen LogP) is 3.27. The van der Waals surface area contributed by atoms with Gasteiger partial charge in [-0.15, -0.1) is 0 Å². The molecule has 0 N–H and O–H groups in total. The van der Waals surface area contributed by atoms with Crippen LogP contribution in [-0.4, -0.2) is 32.0 Å². The van der Waals surface area contributed by atoms with E-state index in [1.54, 1.807) is 6.92 Å². The van der Waals surface area contributed by atoms with E-state index in [4.69, 9.17) is 0 Å². The van der Waals surface area contributed by atoms with Crippen molar-refractivity contribution in [3.63, 3.8) is 0 Å². The summed E-state index contributed by atoms with van der Waals surface area (Å²) in [4.78, 5) is 15.6. The normalized spacial score (nSPS) is 16.9. The van der Waals surface area contributed by atoms with E-state index in [-0.39, 0.29) is 5.92 Å². The van der Waals surface area contributed by atoms with Gasteiger partial charge in [0.05, 0.1) is 0 Å². The van der Waals surface area contributed by atoms with Crippen LogP contribution in [0.5, 0.6) is 0 Å². The van der Waals surface area contributed by atoms with Crippen molar-refractivity contribution in [1.82, 2.24) is 0 Å². The average Bonchev–Trinajstić information content (AvgIpc) is 2.10. The molecule has 0 aromatic carbocycles. The van der Waals surface area contributed by atoms with Crippen molar-refractivity contribution in [2.24, 2.45) is 5.92 Å². The van der Waals surface area contributed by atoms with E-state index in [0.717, 1.165) is 0 Å². The van der Waals surface area contributed by atoms with Gasteiger partial charge in [-0.1, -0.05) is 0 Å². The second-order valence-corrected chi connectivity index (χ2v) is 10.7. The summed E-state index contributed by atoms with van der Waals surface area (Å²) in [6, 6.07) is 0. The number of hydrogen-bond acceptors (Lipinski definition) is 2. The Labute approximate surface area is 101 Å². The third kappa shape index (κ3) is 4.10. The molecule has 0 radical (unpaired) electrons. The first-order chi connectivity index (χ1) is 7.01. The predicted molar refractivity (Wildman–Crippen MR) is 66.1 cm³/mol. The molecule has 0 saturated heterocycles. The molecule has 0 aromatic heterocycles. The van der Waals surface area contributed by atoms with Crippen LogP contribution in [0.15, 0.2) is 0 Å². The van der Waals surface area contributed by atoms with Gasteiger partial charge in [-0.25, -0.2) is 0 Å². The monoisotopic (exact) mass is 354 g/mol. The Bertz CT molecular complexity index is 241. The molecule has 0 fully saturated rings. The van der Waals surface area contributed by atoms with Crippen molar-refractivity contribution >= 4 is 25.8 Å². The van der Waals surface area contributed by atoms with Crippen LogP contribution in [0.3, 0.4) is 0 Å². The zero-order chi connectivity index (χ0) is 13.1. The Morgan fingerprint density at radius 3 is 2.00 bits per heavy atom. The molecule has 0 aliphatic heterocycles. The number of alkyl halides is 6. The van der Waals surface area contributed by atoms with Gasteiger partial charge in [-0.05, 0) is 0 Å². The van der Waals surface area contributed by atoms with Gasteiger partial charge in [0.25, 0.3) is 0 Å². The van der Waals surface area contributed by atoms with Gasteiger partial charge in [0.15, 0.2) is 0 Å². The van der Waals surface area contributed by atoms with Crippen molar-refractivity contribution in [2.45, 2.75) is 30.4 Å². The molecule has 2 nitrogen and oxygen atoms in total. The van der Waals surface area contributed by atoms with Gasteiger partial charge < -0.3 is 0 Å². The molecule has 6 heteroatoms. The molecule has 0 bridgehead atoms. The molecule has 0 spiro atoms. The molecule has 16 heavy (non-hydrogen) atoms. The number of carbonyl (C=O) groups excluding carboxylic acids is 1. The fourth-order valence-corrected chi connectivity index (χ4v) is 4.64. The molecule has 0 amide bonds. The van der Waals surface area contributed by atoms with Crippen LogP contribution in [0.1, 0.15) is 20.8 Å². The van der Waals surface area contributed by atoms with E-state index < -0.39 is 42.0 Å². The van der Waals surface area contributed by atoms with E-state index in [1.165, 1.54) is 0 Å². The van der Waals surface area contributed by atoms with Crippen molar-refractivity contribution in [3.05, 3.63) is 0 Å². The Kier molecular flexibility index (Phi) is 5.55. The Morgan fingerprint density at radius 2 is 1.75 bits per heavy atom. The summed E-state index contributed by atoms with van der Waals surface area (Å²) in [5.41, 5.74) is 0. The van der Waals surface area contributed by atoms with Crippen molar-refractivity contribution < 1.29 is 22.7 Å². The minimum atomic E-state index is -4.45. The Balaban J connectivity index is 4.66. The first-order valence-corrected chi connectivity index (χ1v) is 10.1. The second-order valence-electron chi connectivity index (χ2n) is 4.18. The zero-order valence-corrected chi connectivity index (χ0v) is 12.3. The van der Waals surface area contributed by atoms with Gasteiger partial charge in [-0.3, -0.25) is 0 Å². The van der Waals surface area contributed by atoms with Crippen LogP contribution in [0.25, 0.3) is 0 Å². The van der Waals surface area contributed by atoms with Gasteiger partial charge in [0, 0.05) is 0 Å². The van der Waals surface area contributed by atoms with Crippen LogP contribution in [-0.2, 0) is 9.53 Å². The van der Waals surface area contributed by atoms with Crippen molar-refractivity contribution in [1.29, 1.82) is 0 Å². The second kappa shape index (κ2) is 5.55. The van der Waals surface area contributed by atoms with E-state index in [1.807, 2.05) is 23.7 Å². The fourth-order valence-electron chi connectivity index (χ4n) is 1.11. The summed E-state index contributed by atoms with van der Waals surface area (Å²) >= 11 is -1.62. The summed E-state index contributed by atoms with van der Waals surface area (Å²) in [6.07, 6.45) is -4.45. The molecule has 1 atom stereocenters. The zero-order valence-electron chi connectivity index (χ0n) is 10.1. The van der Waals surface area contributed by atoms with E-state index in [0.29, 0.717) is 0 Å². The molecule has 0 heterocycles. The van der Waals surface area contributed by atoms with Crippen molar-refractivity contribution in [2.75, 3.05) is 16.5 Å². The van der Waals surface area contributed by atoms with E-state index in [9.17, 15) is 18.0 Å². The van der Waals surface area contributed by atoms with Crippen LogP contribution in [0.4, 0.5) is 13.2 Å². The van der Waals surface area contributed by atoms with Crippen LogP contribution in [0.2, 0.25) is 0 Å². The third-order valence-electron chi connectivity index (χ3n) is 2.64. The number of esters is 1. The summed E-state index contributed by atoms with van der Waals surface area (Å²) in [5.74, 6) is -0.719. The molecular formula is C10H18F3IO2. The Morgan fingerprint density at radius 1 is 1.31 bits per heavy atom. The van der Waals surface area contributed by atoms with Gasteiger partial charge >= 0.3 is 101 Å². The standard InChI is InChI=1S/C10H18F3IO2/c1-7(2)9(3,14(4)5)8(15)16-6-10(11,12)13/h7H,6H2,1-5H3. The molecule has 0 aliphatic rings. The summed E-state index contributed by atoms with van der Waals surface area (Å²) in [6.45, 7) is 3.90. The van der Waals surface area contributed by atoms with E-state index in [2.05, 4.69) is 4.74 Å². The number of rotatable bonds is 4. The topological polar surface area (TPSA) is 26.3 Å². The maximum absolute atomic E-state index is 11.9. The molecule has 0 saturated carbocycles. The Hall–Kier alpha value is -0.0100. The fraction of sp³-hybridized carbons (Fsp3) is 0.900. The molecule has 98 valence electrons. The summed E-state index contributed by atoms with van der Waals surface area (Å²) in [5, 5.41) is 0. The van der Waals surface area contributed by atoms with Gasteiger partial charge in [-0.2, -0.15) is 0 Å². The molecule has 0 aliphatic carbocycles. The first kappa shape index (κ1) is 16.0. The van der Waals surface area contributed by atoms with Gasteiger partial charge in [0.1, 0.15) is 0 Å². The molecule has 1 unspecified atom stereocenters. The number of halogens is 4. The van der Waals surface area contributed by atoms with E-state index >= 15 is 0 Å². The molecular weight excluding hydrogens is 336 g/mol.